The van der Waals surface area contributed by atoms with E-state index in [-0.39, 0.29) is 18.5 Å². The number of fused-ring (bicyclic) bond motifs is 1. The van der Waals surface area contributed by atoms with Crippen LogP contribution in [0.3, 0.4) is 0 Å². The summed E-state index contributed by atoms with van der Waals surface area (Å²) in [6.45, 7) is 0. The van der Waals surface area contributed by atoms with Crippen molar-refractivity contribution < 1.29 is 15.0 Å². The van der Waals surface area contributed by atoms with Gasteiger partial charge in [0.15, 0.2) is 0 Å². The maximum absolute atomic E-state index is 10.7. The Morgan fingerprint density at radius 3 is 2.87 bits per heavy atom. The van der Waals surface area contributed by atoms with Crippen molar-refractivity contribution in [2.24, 2.45) is 0 Å². The van der Waals surface area contributed by atoms with E-state index in [0.29, 0.717) is 5.69 Å². The van der Waals surface area contributed by atoms with E-state index in [1.807, 2.05) is 0 Å². The van der Waals surface area contributed by atoms with Gasteiger partial charge in [-0.3, -0.25) is 0 Å². The molecule has 6 heteroatoms. The van der Waals surface area contributed by atoms with E-state index in [4.69, 9.17) is 28.3 Å². The lowest BCUT2D eigenvalue weighted by Crippen LogP contribution is -2.39. The number of rotatable bonds is 1. The van der Waals surface area contributed by atoms with E-state index in [0.717, 1.165) is 5.56 Å². The summed E-state index contributed by atoms with van der Waals surface area (Å²) >= 11 is 11.8. The third-order valence-corrected chi connectivity index (χ3v) is 3.30. The smallest absolute Gasteiger partial charge is 0.352 e. The number of aromatic amines is 1. The van der Waals surface area contributed by atoms with Gasteiger partial charge in [0.05, 0.1) is 6.10 Å². The number of aliphatic hydroxyl groups excluding tert-OH is 1. The number of carboxylic acid groups (broad SMARTS) is 1. The second-order valence-electron chi connectivity index (χ2n) is 3.65. The molecule has 15 heavy (non-hydrogen) atoms. The third-order valence-electron chi connectivity index (χ3n) is 2.53. The molecule has 1 aliphatic rings. The molecule has 0 spiro atoms. The second-order valence-corrected chi connectivity index (χ2v) is 5.19. The molecular formula is C9H9Cl2NO3. The van der Waals surface area contributed by atoms with Crippen LogP contribution in [0.15, 0.2) is 6.07 Å². The third kappa shape index (κ3) is 1.85. The molecule has 0 radical (unpaired) electrons. The number of hydrogen-bond donors (Lipinski definition) is 3. The Balaban J connectivity index is 2.38. The lowest BCUT2D eigenvalue weighted by molar-refractivity contribution is 0.0690. The highest BCUT2D eigenvalue weighted by molar-refractivity contribution is 6.49. The van der Waals surface area contributed by atoms with Gasteiger partial charge in [-0.05, 0) is 11.6 Å². The molecule has 1 atom stereocenters. The fourth-order valence-corrected chi connectivity index (χ4v) is 2.15. The van der Waals surface area contributed by atoms with Crippen molar-refractivity contribution in [2.75, 3.05) is 0 Å². The van der Waals surface area contributed by atoms with Crippen LogP contribution in [-0.4, -0.2) is 31.6 Å². The zero-order valence-corrected chi connectivity index (χ0v) is 9.14. The molecule has 1 aliphatic carbocycles. The van der Waals surface area contributed by atoms with Crippen LogP contribution in [0.4, 0.5) is 0 Å². The largest absolute Gasteiger partial charge is 0.477 e. The molecule has 0 saturated carbocycles. The predicted molar refractivity (Wildman–Crippen MR) is 55.6 cm³/mol. The molecule has 0 saturated heterocycles. The summed E-state index contributed by atoms with van der Waals surface area (Å²) in [5, 5.41) is 18.4. The fraction of sp³-hybridized carbons (Fsp3) is 0.444. The first-order valence-electron chi connectivity index (χ1n) is 4.40. The topological polar surface area (TPSA) is 73.3 Å². The van der Waals surface area contributed by atoms with Crippen molar-refractivity contribution >= 4 is 29.2 Å². The maximum atomic E-state index is 10.7. The summed E-state index contributed by atoms with van der Waals surface area (Å²) in [5.74, 6) is -1.03. The van der Waals surface area contributed by atoms with E-state index in [2.05, 4.69) is 4.98 Å². The predicted octanol–water partition coefficient (Wildman–Crippen LogP) is 1.35. The standard InChI is InChI=1S/C9H9Cl2NO3/c10-9(11)3-4-1-6(8(14)15)12-5(4)2-7(9)13/h1,7,12-13H,2-3H2,(H,14,15). The van der Waals surface area contributed by atoms with Crippen LogP contribution >= 0.6 is 23.2 Å². The molecule has 0 aromatic carbocycles. The molecule has 82 valence electrons. The number of alkyl halides is 2. The minimum absolute atomic E-state index is 0.0956. The highest BCUT2D eigenvalue weighted by Crippen LogP contribution is 2.37. The highest BCUT2D eigenvalue weighted by atomic mass is 35.5. The molecule has 1 aromatic rings. The first-order valence-corrected chi connectivity index (χ1v) is 5.15. The van der Waals surface area contributed by atoms with Crippen molar-refractivity contribution in [1.82, 2.24) is 4.98 Å². The van der Waals surface area contributed by atoms with Gasteiger partial charge in [-0.15, -0.1) is 0 Å². The van der Waals surface area contributed by atoms with Crippen molar-refractivity contribution in [2.45, 2.75) is 23.3 Å². The summed E-state index contributed by atoms with van der Waals surface area (Å²) in [5.41, 5.74) is 1.54. The van der Waals surface area contributed by atoms with Crippen molar-refractivity contribution in [3.05, 3.63) is 23.0 Å². The Hall–Kier alpha value is -0.710. The van der Waals surface area contributed by atoms with E-state index < -0.39 is 16.4 Å². The molecule has 0 bridgehead atoms. The Morgan fingerprint density at radius 1 is 1.60 bits per heavy atom. The van der Waals surface area contributed by atoms with E-state index >= 15 is 0 Å². The molecule has 0 amide bonds. The molecule has 1 heterocycles. The normalized spacial score (nSPS) is 23.5. The van der Waals surface area contributed by atoms with Gasteiger partial charge in [-0.2, -0.15) is 0 Å². The number of aliphatic hydroxyl groups is 1. The van der Waals surface area contributed by atoms with Crippen LogP contribution in [-0.2, 0) is 12.8 Å². The highest BCUT2D eigenvalue weighted by Gasteiger charge is 2.39. The van der Waals surface area contributed by atoms with Crippen LogP contribution < -0.4 is 0 Å². The number of aromatic nitrogens is 1. The fourth-order valence-electron chi connectivity index (χ4n) is 1.71. The van der Waals surface area contributed by atoms with Crippen molar-refractivity contribution in [3.63, 3.8) is 0 Å². The number of aromatic carboxylic acids is 1. The number of hydrogen-bond acceptors (Lipinski definition) is 2. The molecule has 1 unspecified atom stereocenters. The van der Waals surface area contributed by atoms with Crippen molar-refractivity contribution in [1.29, 1.82) is 0 Å². The molecule has 2 rings (SSSR count). The van der Waals surface area contributed by atoms with E-state index in [1.165, 1.54) is 6.07 Å². The Morgan fingerprint density at radius 2 is 2.27 bits per heavy atom. The number of carboxylic acids is 1. The van der Waals surface area contributed by atoms with Crippen LogP contribution in [0.2, 0.25) is 0 Å². The minimum atomic E-state index is -1.23. The van der Waals surface area contributed by atoms with Crippen LogP contribution in [0.25, 0.3) is 0 Å². The van der Waals surface area contributed by atoms with E-state index in [9.17, 15) is 9.90 Å². The monoisotopic (exact) mass is 249 g/mol. The van der Waals surface area contributed by atoms with Gasteiger partial charge in [0.1, 0.15) is 10.0 Å². The summed E-state index contributed by atoms with van der Waals surface area (Å²) in [7, 11) is 0. The summed E-state index contributed by atoms with van der Waals surface area (Å²) in [6, 6.07) is 1.50. The SMILES string of the molecule is O=C(O)c1cc2c([nH]1)CC(O)C(Cl)(Cl)C2. The van der Waals surface area contributed by atoms with Gasteiger partial charge < -0.3 is 15.2 Å². The summed E-state index contributed by atoms with van der Waals surface area (Å²) in [6.07, 6.45) is -0.389. The molecule has 1 aromatic heterocycles. The quantitative estimate of drug-likeness (QED) is 0.658. The number of halogens is 2. The number of nitrogens with one attached hydrogen (secondary N) is 1. The molecule has 0 aliphatic heterocycles. The van der Waals surface area contributed by atoms with Crippen LogP contribution in [0.1, 0.15) is 21.7 Å². The summed E-state index contributed by atoms with van der Waals surface area (Å²) < 4.78 is -1.23. The Bertz CT molecular complexity index is 413. The second kappa shape index (κ2) is 3.40. The van der Waals surface area contributed by atoms with Gasteiger partial charge in [0.25, 0.3) is 0 Å². The lowest BCUT2D eigenvalue weighted by Gasteiger charge is -2.30. The van der Waals surface area contributed by atoms with Gasteiger partial charge in [0, 0.05) is 18.5 Å². The van der Waals surface area contributed by atoms with Gasteiger partial charge in [-0.1, -0.05) is 23.2 Å². The molecular weight excluding hydrogens is 241 g/mol. The summed E-state index contributed by atoms with van der Waals surface area (Å²) in [4.78, 5) is 13.4. The minimum Gasteiger partial charge on any atom is -0.477 e. The number of H-pyrrole nitrogens is 1. The Kier molecular flexibility index (Phi) is 2.45. The molecule has 3 N–H and O–H groups in total. The zero-order valence-electron chi connectivity index (χ0n) is 7.63. The zero-order chi connectivity index (χ0) is 11.2. The average Bonchev–Trinajstić information content (AvgIpc) is 2.47. The van der Waals surface area contributed by atoms with Gasteiger partial charge >= 0.3 is 5.97 Å². The first-order chi connectivity index (χ1) is 6.90. The Labute approximate surface area is 95.8 Å². The van der Waals surface area contributed by atoms with Crippen molar-refractivity contribution in [3.8, 4) is 0 Å². The van der Waals surface area contributed by atoms with Crippen LogP contribution in [0.5, 0.6) is 0 Å². The average molecular weight is 250 g/mol. The van der Waals surface area contributed by atoms with E-state index in [1.54, 1.807) is 0 Å². The maximum Gasteiger partial charge on any atom is 0.352 e. The van der Waals surface area contributed by atoms with Crippen LogP contribution in [0, 0.1) is 0 Å². The molecule has 4 nitrogen and oxygen atoms in total. The lowest BCUT2D eigenvalue weighted by atomic mass is 9.94. The number of carbonyl (C=O) groups is 1. The van der Waals surface area contributed by atoms with Gasteiger partial charge in [0.2, 0.25) is 0 Å². The van der Waals surface area contributed by atoms with Gasteiger partial charge in [-0.25, -0.2) is 4.79 Å². The first kappa shape index (κ1) is 10.8. The molecule has 0 fully saturated rings.